The molecule has 0 bridgehead atoms. The predicted molar refractivity (Wildman–Crippen MR) is 81.0 cm³/mol. The Balaban J connectivity index is 1.96. The molecule has 0 aliphatic heterocycles. The Morgan fingerprint density at radius 2 is 1.86 bits per heavy atom. The molecular formula is C14H15NO4S2. The molecule has 0 radical (unpaired) electrons. The van der Waals surface area contributed by atoms with Crippen molar-refractivity contribution in [3.05, 3.63) is 52.2 Å². The van der Waals surface area contributed by atoms with E-state index in [1.165, 1.54) is 24.3 Å². The van der Waals surface area contributed by atoms with Crippen molar-refractivity contribution in [2.24, 2.45) is 0 Å². The van der Waals surface area contributed by atoms with Crippen LogP contribution in [-0.4, -0.2) is 26.0 Å². The van der Waals surface area contributed by atoms with Gasteiger partial charge in [-0.15, -0.1) is 0 Å². The smallest absolute Gasteiger partial charge is 0.307 e. The molecule has 2 N–H and O–H groups in total. The molecule has 0 saturated carbocycles. The summed E-state index contributed by atoms with van der Waals surface area (Å²) in [6, 6.07) is 7.83. The third-order valence-electron chi connectivity index (χ3n) is 2.87. The summed E-state index contributed by atoms with van der Waals surface area (Å²) in [6.45, 7) is 0.329. The van der Waals surface area contributed by atoms with Crippen LogP contribution in [-0.2, 0) is 27.7 Å². The first-order valence-corrected chi connectivity index (χ1v) is 8.71. The number of nitrogens with one attached hydrogen (secondary N) is 1. The Hall–Kier alpha value is -1.70. The van der Waals surface area contributed by atoms with Gasteiger partial charge >= 0.3 is 5.97 Å². The summed E-state index contributed by atoms with van der Waals surface area (Å²) in [4.78, 5) is 10.7. The zero-order valence-electron chi connectivity index (χ0n) is 11.2. The Bertz CT molecular complexity index is 691. The molecule has 7 heteroatoms. The second-order valence-corrected chi connectivity index (χ2v) is 7.04. The first-order chi connectivity index (χ1) is 9.97. The van der Waals surface area contributed by atoms with Crippen LogP contribution in [0, 0.1) is 0 Å². The molecule has 112 valence electrons. The quantitative estimate of drug-likeness (QED) is 0.814. The lowest BCUT2D eigenvalue weighted by molar-refractivity contribution is -0.136. The van der Waals surface area contributed by atoms with Gasteiger partial charge in [-0.2, -0.15) is 11.3 Å². The summed E-state index contributed by atoms with van der Waals surface area (Å²) < 4.78 is 26.7. The molecule has 1 heterocycles. The minimum Gasteiger partial charge on any atom is -0.481 e. The predicted octanol–water partition coefficient (Wildman–Crippen LogP) is 1.90. The molecule has 21 heavy (non-hydrogen) atoms. The third kappa shape index (κ3) is 4.66. The first kappa shape index (κ1) is 15.7. The van der Waals surface area contributed by atoms with E-state index >= 15 is 0 Å². The van der Waals surface area contributed by atoms with Gasteiger partial charge in [0.2, 0.25) is 10.0 Å². The Morgan fingerprint density at radius 1 is 1.14 bits per heavy atom. The van der Waals surface area contributed by atoms with Crippen LogP contribution in [0.2, 0.25) is 0 Å². The van der Waals surface area contributed by atoms with Crippen LogP contribution in [0.25, 0.3) is 0 Å². The van der Waals surface area contributed by atoms with Crippen LogP contribution in [0.5, 0.6) is 0 Å². The fraction of sp³-hybridized carbons (Fsp3) is 0.214. The lowest BCUT2D eigenvalue weighted by Crippen LogP contribution is -2.25. The van der Waals surface area contributed by atoms with Crippen molar-refractivity contribution in [2.45, 2.75) is 17.7 Å². The van der Waals surface area contributed by atoms with E-state index in [4.69, 9.17) is 5.11 Å². The summed E-state index contributed by atoms with van der Waals surface area (Å²) in [6.07, 6.45) is 0.520. The monoisotopic (exact) mass is 325 g/mol. The minimum absolute atomic E-state index is 0.119. The number of carboxylic acid groups (broad SMARTS) is 1. The van der Waals surface area contributed by atoms with E-state index in [9.17, 15) is 13.2 Å². The number of hydrogen-bond acceptors (Lipinski definition) is 4. The fourth-order valence-corrected chi connectivity index (χ4v) is 3.54. The number of thiophene rings is 1. The van der Waals surface area contributed by atoms with Crippen molar-refractivity contribution in [3.8, 4) is 0 Å². The number of hydrogen-bond donors (Lipinski definition) is 2. The summed E-state index contributed by atoms with van der Waals surface area (Å²) in [5.74, 6) is -0.945. The molecule has 0 aliphatic rings. The Morgan fingerprint density at radius 3 is 2.43 bits per heavy atom. The number of sulfonamides is 1. The molecule has 2 rings (SSSR count). The van der Waals surface area contributed by atoms with Crippen LogP contribution in [0.3, 0.4) is 0 Å². The van der Waals surface area contributed by atoms with Gasteiger partial charge in [0, 0.05) is 6.54 Å². The molecule has 1 aromatic carbocycles. The zero-order valence-corrected chi connectivity index (χ0v) is 12.8. The van der Waals surface area contributed by atoms with Crippen molar-refractivity contribution in [1.29, 1.82) is 0 Å². The largest absolute Gasteiger partial charge is 0.481 e. The average Bonchev–Trinajstić information content (AvgIpc) is 2.91. The second-order valence-electron chi connectivity index (χ2n) is 4.49. The normalized spacial score (nSPS) is 11.4. The molecule has 0 amide bonds. The summed E-state index contributed by atoms with van der Waals surface area (Å²) >= 11 is 1.58. The van der Waals surface area contributed by atoms with E-state index in [1.54, 1.807) is 11.3 Å². The molecule has 0 unspecified atom stereocenters. The number of carbonyl (C=O) groups is 1. The molecular weight excluding hydrogens is 310 g/mol. The van der Waals surface area contributed by atoms with Gasteiger partial charge in [0.05, 0.1) is 11.3 Å². The van der Waals surface area contributed by atoms with E-state index in [0.717, 1.165) is 5.56 Å². The topological polar surface area (TPSA) is 83.5 Å². The third-order valence-corrected chi connectivity index (χ3v) is 5.08. The first-order valence-electron chi connectivity index (χ1n) is 6.29. The highest BCUT2D eigenvalue weighted by molar-refractivity contribution is 7.89. The molecule has 1 aromatic heterocycles. The molecule has 5 nitrogen and oxygen atoms in total. The van der Waals surface area contributed by atoms with Gasteiger partial charge in [0.25, 0.3) is 0 Å². The van der Waals surface area contributed by atoms with Crippen LogP contribution in [0.4, 0.5) is 0 Å². The van der Waals surface area contributed by atoms with Crippen molar-refractivity contribution in [2.75, 3.05) is 6.54 Å². The molecule has 0 saturated heterocycles. The maximum absolute atomic E-state index is 12.1. The van der Waals surface area contributed by atoms with E-state index in [1.807, 2.05) is 16.8 Å². The van der Waals surface area contributed by atoms with E-state index in [-0.39, 0.29) is 11.3 Å². The maximum atomic E-state index is 12.1. The number of carboxylic acids is 1. The minimum atomic E-state index is -3.55. The molecule has 0 fully saturated rings. The maximum Gasteiger partial charge on any atom is 0.307 e. The highest BCUT2D eigenvalue weighted by Gasteiger charge is 2.13. The van der Waals surface area contributed by atoms with Crippen molar-refractivity contribution >= 4 is 27.3 Å². The van der Waals surface area contributed by atoms with Crippen LogP contribution in [0.15, 0.2) is 46.0 Å². The second kappa shape index (κ2) is 6.84. The zero-order chi connectivity index (χ0) is 15.3. The van der Waals surface area contributed by atoms with Gasteiger partial charge in [-0.3, -0.25) is 4.79 Å². The highest BCUT2D eigenvalue weighted by atomic mass is 32.2. The van der Waals surface area contributed by atoms with E-state index < -0.39 is 16.0 Å². The van der Waals surface area contributed by atoms with Gasteiger partial charge in [0.15, 0.2) is 0 Å². The highest BCUT2D eigenvalue weighted by Crippen LogP contribution is 2.12. The van der Waals surface area contributed by atoms with Crippen molar-refractivity contribution in [3.63, 3.8) is 0 Å². The lowest BCUT2D eigenvalue weighted by Gasteiger charge is -2.07. The Labute approximate surface area is 127 Å². The summed E-state index contributed by atoms with van der Waals surface area (Å²) in [5.41, 5.74) is 1.67. The number of aliphatic carboxylic acids is 1. The average molecular weight is 325 g/mol. The Kier molecular flexibility index (Phi) is 5.11. The van der Waals surface area contributed by atoms with E-state index in [2.05, 4.69) is 4.72 Å². The van der Waals surface area contributed by atoms with Gasteiger partial charge < -0.3 is 5.11 Å². The van der Waals surface area contributed by atoms with Gasteiger partial charge in [-0.05, 0) is 46.5 Å². The SMILES string of the molecule is O=C(O)Cc1ccc(S(=O)(=O)NCCc2ccsc2)cc1. The number of benzene rings is 1. The fourth-order valence-electron chi connectivity index (χ4n) is 1.81. The van der Waals surface area contributed by atoms with Gasteiger partial charge in [-0.25, -0.2) is 13.1 Å². The molecule has 0 spiro atoms. The standard InChI is InChI=1S/C14H15NO4S2/c16-14(17)9-11-1-3-13(4-2-11)21(18,19)15-7-5-12-6-8-20-10-12/h1-4,6,8,10,15H,5,7,9H2,(H,16,17). The van der Waals surface area contributed by atoms with Crippen LogP contribution >= 0.6 is 11.3 Å². The molecule has 0 atom stereocenters. The summed E-state index contributed by atoms with van der Waals surface area (Å²) in [5, 5.41) is 12.6. The number of rotatable bonds is 7. The lowest BCUT2D eigenvalue weighted by atomic mass is 10.2. The van der Waals surface area contributed by atoms with Gasteiger partial charge in [0.1, 0.15) is 0 Å². The van der Waals surface area contributed by atoms with Crippen LogP contribution in [0.1, 0.15) is 11.1 Å². The van der Waals surface area contributed by atoms with E-state index in [0.29, 0.717) is 18.5 Å². The summed E-state index contributed by atoms with van der Waals surface area (Å²) in [7, 11) is -3.55. The molecule has 2 aromatic rings. The van der Waals surface area contributed by atoms with Gasteiger partial charge in [-0.1, -0.05) is 12.1 Å². The van der Waals surface area contributed by atoms with Crippen molar-refractivity contribution in [1.82, 2.24) is 4.72 Å². The molecule has 0 aliphatic carbocycles. The van der Waals surface area contributed by atoms with Crippen LogP contribution < -0.4 is 4.72 Å². The van der Waals surface area contributed by atoms with Crippen molar-refractivity contribution < 1.29 is 18.3 Å².